The first-order valence-electron chi connectivity index (χ1n) is 7.40. The van der Waals surface area contributed by atoms with Crippen molar-refractivity contribution in [2.45, 2.75) is 25.0 Å². The van der Waals surface area contributed by atoms with Gasteiger partial charge in [0.15, 0.2) is 0 Å². The summed E-state index contributed by atoms with van der Waals surface area (Å²) in [5, 5.41) is 13.8. The third-order valence-electron chi connectivity index (χ3n) is 3.55. The summed E-state index contributed by atoms with van der Waals surface area (Å²) in [7, 11) is 0. The Morgan fingerprint density at radius 1 is 1.17 bits per heavy atom. The second-order valence-electron chi connectivity index (χ2n) is 5.45. The molecule has 0 aromatic heterocycles. The Kier molecular flexibility index (Phi) is 4.23. The van der Waals surface area contributed by atoms with E-state index >= 15 is 0 Å². The fourth-order valence-corrected chi connectivity index (χ4v) is 2.21. The number of benzene rings is 2. The van der Waals surface area contributed by atoms with Crippen LogP contribution >= 0.6 is 0 Å². The third-order valence-corrected chi connectivity index (χ3v) is 3.55. The highest BCUT2D eigenvalue weighted by Gasteiger charge is 2.29. The Hall–Kier alpha value is -2.89. The van der Waals surface area contributed by atoms with Crippen LogP contribution in [-0.2, 0) is 4.79 Å². The standard InChI is InChI=1S/C17H16N2O4/c20-17(18-13-9-10-13)16(12-5-2-1-3-6-12)23-15-8-4-7-14(11-15)19(21)22/h1-8,11,13,16H,9-10H2,(H,18,20)/t16-/m1/s1. The summed E-state index contributed by atoms with van der Waals surface area (Å²) >= 11 is 0. The molecular weight excluding hydrogens is 296 g/mol. The van der Waals surface area contributed by atoms with Crippen LogP contribution in [-0.4, -0.2) is 16.9 Å². The highest BCUT2D eigenvalue weighted by molar-refractivity contribution is 5.83. The van der Waals surface area contributed by atoms with E-state index in [1.165, 1.54) is 18.2 Å². The average molecular weight is 312 g/mol. The lowest BCUT2D eigenvalue weighted by Gasteiger charge is -2.19. The maximum absolute atomic E-state index is 12.4. The van der Waals surface area contributed by atoms with Gasteiger partial charge in [-0.15, -0.1) is 0 Å². The summed E-state index contributed by atoms with van der Waals surface area (Å²) in [6, 6.07) is 15.2. The van der Waals surface area contributed by atoms with Gasteiger partial charge in [-0.1, -0.05) is 36.4 Å². The number of nitrogens with one attached hydrogen (secondary N) is 1. The number of carbonyl (C=O) groups is 1. The van der Waals surface area contributed by atoms with Gasteiger partial charge in [0.2, 0.25) is 6.10 Å². The average Bonchev–Trinajstić information content (AvgIpc) is 3.37. The zero-order valence-electron chi connectivity index (χ0n) is 12.3. The molecule has 6 heteroatoms. The van der Waals surface area contributed by atoms with Crippen molar-refractivity contribution in [3.8, 4) is 5.75 Å². The molecule has 1 aliphatic rings. The third kappa shape index (κ3) is 3.85. The number of non-ortho nitro benzene ring substituents is 1. The summed E-state index contributed by atoms with van der Waals surface area (Å²) in [5.74, 6) is 0.0595. The molecule has 0 spiro atoms. The Morgan fingerprint density at radius 2 is 1.91 bits per heavy atom. The van der Waals surface area contributed by atoms with E-state index in [1.807, 2.05) is 18.2 Å². The van der Waals surface area contributed by atoms with Crippen LogP contribution in [0.2, 0.25) is 0 Å². The fraction of sp³-hybridized carbons (Fsp3) is 0.235. The Morgan fingerprint density at radius 3 is 2.57 bits per heavy atom. The lowest BCUT2D eigenvalue weighted by Crippen LogP contribution is -2.33. The van der Waals surface area contributed by atoms with Gasteiger partial charge in [0, 0.05) is 17.7 Å². The fourth-order valence-electron chi connectivity index (χ4n) is 2.21. The molecule has 2 aromatic rings. The quantitative estimate of drug-likeness (QED) is 0.656. The van der Waals surface area contributed by atoms with Gasteiger partial charge >= 0.3 is 0 Å². The number of nitro benzene ring substituents is 1. The number of amides is 1. The zero-order chi connectivity index (χ0) is 16.2. The topological polar surface area (TPSA) is 81.5 Å². The Bertz CT molecular complexity index is 714. The predicted molar refractivity (Wildman–Crippen MR) is 84.1 cm³/mol. The molecular formula is C17H16N2O4. The largest absolute Gasteiger partial charge is 0.476 e. The first kappa shape index (κ1) is 15.0. The number of nitrogens with zero attached hydrogens (tertiary/aromatic N) is 1. The summed E-state index contributed by atoms with van der Waals surface area (Å²) < 4.78 is 5.77. The number of ether oxygens (including phenoxy) is 1. The van der Waals surface area contributed by atoms with Gasteiger partial charge in [0.05, 0.1) is 11.0 Å². The molecule has 1 N–H and O–H groups in total. The van der Waals surface area contributed by atoms with E-state index in [2.05, 4.69) is 5.32 Å². The van der Waals surface area contributed by atoms with Crippen LogP contribution in [0.3, 0.4) is 0 Å². The van der Waals surface area contributed by atoms with Gasteiger partial charge in [0.1, 0.15) is 5.75 Å². The van der Waals surface area contributed by atoms with Crippen molar-refractivity contribution in [2.75, 3.05) is 0 Å². The van der Waals surface area contributed by atoms with Crippen LogP contribution < -0.4 is 10.1 Å². The second kappa shape index (κ2) is 6.48. The molecule has 1 aliphatic carbocycles. The van der Waals surface area contributed by atoms with E-state index in [9.17, 15) is 14.9 Å². The molecule has 0 saturated heterocycles. The molecule has 6 nitrogen and oxygen atoms in total. The molecule has 1 saturated carbocycles. The van der Waals surface area contributed by atoms with Crippen molar-refractivity contribution in [3.05, 3.63) is 70.3 Å². The monoisotopic (exact) mass is 312 g/mol. The maximum atomic E-state index is 12.4. The van der Waals surface area contributed by atoms with Crippen LogP contribution in [0.25, 0.3) is 0 Å². The number of carbonyl (C=O) groups excluding carboxylic acids is 1. The summed E-state index contributed by atoms with van der Waals surface area (Å²) in [6.07, 6.45) is 1.12. The van der Waals surface area contributed by atoms with E-state index < -0.39 is 11.0 Å². The highest BCUT2D eigenvalue weighted by atomic mass is 16.6. The van der Waals surface area contributed by atoms with Gasteiger partial charge in [0.25, 0.3) is 11.6 Å². The van der Waals surface area contributed by atoms with Crippen molar-refractivity contribution in [2.24, 2.45) is 0 Å². The Labute approximate surface area is 133 Å². The van der Waals surface area contributed by atoms with Crippen molar-refractivity contribution < 1.29 is 14.5 Å². The van der Waals surface area contributed by atoms with Crippen LogP contribution in [0.1, 0.15) is 24.5 Å². The zero-order valence-corrected chi connectivity index (χ0v) is 12.3. The highest BCUT2D eigenvalue weighted by Crippen LogP contribution is 2.27. The van der Waals surface area contributed by atoms with E-state index in [0.717, 1.165) is 12.8 Å². The molecule has 2 aromatic carbocycles. The molecule has 1 fully saturated rings. The van der Waals surface area contributed by atoms with Crippen molar-refractivity contribution >= 4 is 11.6 Å². The van der Waals surface area contributed by atoms with E-state index in [-0.39, 0.29) is 17.6 Å². The molecule has 0 heterocycles. The van der Waals surface area contributed by atoms with E-state index in [4.69, 9.17) is 4.74 Å². The smallest absolute Gasteiger partial charge is 0.273 e. The van der Waals surface area contributed by atoms with Gasteiger partial charge in [-0.2, -0.15) is 0 Å². The number of hydrogen-bond acceptors (Lipinski definition) is 4. The van der Waals surface area contributed by atoms with Gasteiger partial charge in [-0.3, -0.25) is 14.9 Å². The minimum absolute atomic E-state index is 0.0723. The molecule has 0 aliphatic heterocycles. The summed E-state index contributed by atoms with van der Waals surface area (Å²) in [4.78, 5) is 22.8. The minimum Gasteiger partial charge on any atom is -0.476 e. The number of nitro groups is 1. The van der Waals surface area contributed by atoms with Crippen LogP contribution in [0, 0.1) is 10.1 Å². The summed E-state index contributed by atoms with van der Waals surface area (Å²) in [6.45, 7) is 0. The van der Waals surface area contributed by atoms with Gasteiger partial charge < -0.3 is 10.1 Å². The molecule has 1 amide bonds. The lowest BCUT2D eigenvalue weighted by molar-refractivity contribution is -0.384. The number of rotatable bonds is 6. The van der Waals surface area contributed by atoms with E-state index in [1.54, 1.807) is 18.2 Å². The molecule has 118 valence electrons. The van der Waals surface area contributed by atoms with Crippen LogP contribution in [0.5, 0.6) is 5.75 Å². The maximum Gasteiger partial charge on any atom is 0.273 e. The second-order valence-corrected chi connectivity index (χ2v) is 5.45. The molecule has 1 atom stereocenters. The Balaban J connectivity index is 1.84. The molecule has 23 heavy (non-hydrogen) atoms. The van der Waals surface area contributed by atoms with Crippen LogP contribution in [0.15, 0.2) is 54.6 Å². The molecule has 0 radical (unpaired) electrons. The van der Waals surface area contributed by atoms with E-state index in [0.29, 0.717) is 11.3 Å². The minimum atomic E-state index is -0.834. The first-order valence-corrected chi connectivity index (χ1v) is 7.40. The molecule has 3 rings (SSSR count). The molecule has 0 unspecified atom stereocenters. The number of hydrogen-bond donors (Lipinski definition) is 1. The SMILES string of the molecule is O=C(NC1CC1)[C@H](Oc1cccc([N+](=O)[O-])c1)c1ccccc1. The lowest BCUT2D eigenvalue weighted by atomic mass is 10.1. The van der Waals surface area contributed by atoms with Gasteiger partial charge in [-0.25, -0.2) is 0 Å². The van der Waals surface area contributed by atoms with Gasteiger partial charge in [-0.05, 0) is 18.9 Å². The normalized spacial score (nSPS) is 14.8. The van der Waals surface area contributed by atoms with Crippen molar-refractivity contribution in [1.82, 2.24) is 5.32 Å². The van der Waals surface area contributed by atoms with Crippen molar-refractivity contribution in [3.63, 3.8) is 0 Å². The summed E-state index contributed by atoms with van der Waals surface area (Å²) in [5.41, 5.74) is 0.633. The van der Waals surface area contributed by atoms with Crippen LogP contribution in [0.4, 0.5) is 5.69 Å². The van der Waals surface area contributed by atoms with Crippen molar-refractivity contribution in [1.29, 1.82) is 0 Å². The first-order chi connectivity index (χ1) is 11.1. The molecule has 0 bridgehead atoms. The predicted octanol–water partition coefficient (Wildman–Crippen LogP) is 2.99.